The fraction of sp³-hybridized carbons (Fsp3) is 0.414. The number of nitrogens with two attached hydrogens (primary N) is 1. The summed E-state index contributed by atoms with van der Waals surface area (Å²) in [6.07, 6.45) is 15.7. The number of anilines is 1. The molecule has 3 aliphatic rings. The average molecular weight is 584 g/mol. The predicted octanol–water partition coefficient (Wildman–Crippen LogP) is 6.22. The molecule has 5 rings (SSSR count). The van der Waals surface area contributed by atoms with Gasteiger partial charge in [0, 0.05) is 48.5 Å². The standard InChI is InChI=1S/C29H35BrN4O4/c30-24-9-10-26-23(18-24)19-27(38-26)34(29(31)35)14-5-4-11-32-12-6-13-33(16-15-32)28-21-36-20-25(37-28)17-22-7-2-1-3-8-22/h1-2,7,9-10,18-21H,3-6,8,11-17H2,(H2,31,35). The first-order valence-electron chi connectivity index (χ1n) is 13.4. The van der Waals surface area contributed by atoms with E-state index >= 15 is 0 Å². The van der Waals surface area contributed by atoms with Crippen molar-refractivity contribution in [2.45, 2.75) is 38.5 Å². The van der Waals surface area contributed by atoms with Crippen molar-refractivity contribution in [2.75, 3.05) is 44.2 Å². The molecule has 0 unspecified atom stereocenters. The Labute approximate surface area is 232 Å². The highest BCUT2D eigenvalue weighted by molar-refractivity contribution is 9.10. The number of ether oxygens (including phenoxy) is 2. The number of furan rings is 1. The van der Waals surface area contributed by atoms with Crippen LogP contribution in [0.1, 0.15) is 38.5 Å². The van der Waals surface area contributed by atoms with Crippen molar-refractivity contribution in [3.8, 4) is 0 Å². The summed E-state index contributed by atoms with van der Waals surface area (Å²) in [6.45, 7) is 5.29. The molecule has 1 aliphatic carbocycles. The summed E-state index contributed by atoms with van der Waals surface area (Å²) in [5, 5.41) is 0.933. The van der Waals surface area contributed by atoms with Gasteiger partial charge in [-0.15, -0.1) is 0 Å². The Morgan fingerprint density at radius 2 is 2.03 bits per heavy atom. The molecule has 1 aromatic heterocycles. The summed E-state index contributed by atoms with van der Waals surface area (Å²) in [5.74, 6) is 2.15. The molecule has 3 heterocycles. The molecule has 9 heteroatoms. The molecule has 8 nitrogen and oxygen atoms in total. The van der Waals surface area contributed by atoms with Gasteiger partial charge in [-0.2, -0.15) is 0 Å². The molecule has 0 atom stereocenters. The van der Waals surface area contributed by atoms with Gasteiger partial charge >= 0.3 is 6.03 Å². The molecule has 202 valence electrons. The molecule has 1 saturated heterocycles. The van der Waals surface area contributed by atoms with Crippen molar-refractivity contribution in [1.29, 1.82) is 0 Å². The largest absolute Gasteiger partial charge is 0.464 e. The molecular formula is C29H35BrN4O4. The molecule has 0 saturated carbocycles. The number of carbonyl (C=O) groups is 1. The van der Waals surface area contributed by atoms with Crippen molar-refractivity contribution in [1.82, 2.24) is 9.80 Å². The molecule has 1 aromatic carbocycles. The SMILES string of the molecule is NC(=O)N(CCCCN1CCCN(C2=COC=C(CC3=CC=CCC3)O2)CC1)c1cc2cc(Br)ccc2o1. The van der Waals surface area contributed by atoms with Crippen molar-refractivity contribution >= 4 is 38.8 Å². The monoisotopic (exact) mass is 582 g/mol. The number of urea groups is 1. The number of allylic oxidation sites excluding steroid dienone is 4. The van der Waals surface area contributed by atoms with Crippen LogP contribution in [-0.2, 0) is 9.47 Å². The second kappa shape index (κ2) is 12.6. The second-order valence-corrected chi connectivity index (χ2v) is 10.8. The van der Waals surface area contributed by atoms with E-state index in [0.29, 0.717) is 12.4 Å². The Morgan fingerprint density at radius 3 is 2.87 bits per heavy atom. The molecule has 2 aliphatic heterocycles. The van der Waals surface area contributed by atoms with Gasteiger partial charge in [0.15, 0.2) is 6.26 Å². The minimum atomic E-state index is -0.499. The average Bonchev–Trinajstić information content (AvgIpc) is 3.17. The third kappa shape index (κ3) is 6.82. The maximum absolute atomic E-state index is 12.1. The molecule has 0 bridgehead atoms. The molecule has 2 aromatic rings. The minimum absolute atomic E-state index is 0.489. The maximum Gasteiger partial charge on any atom is 0.321 e. The highest BCUT2D eigenvalue weighted by Crippen LogP contribution is 2.29. The summed E-state index contributed by atoms with van der Waals surface area (Å²) in [5.41, 5.74) is 7.78. The zero-order valence-corrected chi connectivity index (χ0v) is 23.2. The summed E-state index contributed by atoms with van der Waals surface area (Å²) in [4.78, 5) is 18.4. The van der Waals surface area contributed by atoms with E-state index in [1.165, 1.54) is 10.5 Å². The van der Waals surface area contributed by atoms with Crippen LogP contribution in [0.5, 0.6) is 0 Å². The van der Waals surface area contributed by atoms with Crippen LogP contribution in [-0.4, -0.2) is 55.1 Å². The number of rotatable bonds is 9. The van der Waals surface area contributed by atoms with Crippen LogP contribution in [0.3, 0.4) is 0 Å². The van der Waals surface area contributed by atoms with E-state index in [2.05, 4.69) is 44.0 Å². The lowest BCUT2D eigenvalue weighted by Gasteiger charge is -2.28. The summed E-state index contributed by atoms with van der Waals surface area (Å²) >= 11 is 3.47. The van der Waals surface area contributed by atoms with Crippen LogP contribution >= 0.6 is 15.9 Å². The Balaban J connectivity index is 1.07. The normalized spacial score (nSPS) is 18.2. The lowest BCUT2D eigenvalue weighted by Crippen LogP contribution is -2.37. The number of fused-ring (bicyclic) bond motifs is 1. The van der Waals surface area contributed by atoms with E-state index < -0.39 is 6.03 Å². The van der Waals surface area contributed by atoms with E-state index in [1.807, 2.05) is 24.3 Å². The zero-order valence-electron chi connectivity index (χ0n) is 21.6. The van der Waals surface area contributed by atoms with E-state index in [0.717, 1.165) is 98.3 Å². The van der Waals surface area contributed by atoms with Gasteiger partial charge in [-0.25, -0.2) is 4.79 Å². The van der Waals surface area contributed by atoms with E-state index in [1.54, 1.807) is 12.5 Å². The van der Waals surface area contributed by atoms with Gasteiger partial charge in [-0.05, 0) is 63.4 Å². The molecular weight excluding hydrogens is 548 g/mol. The highest BCUT2D eigenvalue weighted by Gasteiger charge is 2.22. The van der Waals surface area contributed by atoms with Crippen LogP contribution in [0, 0.1) is 0 Å². The Hall–Kier alpha value is -3.17. The molecule has 38 heavy (non-hydrogen) atoms. The zero-order chi connectivity index (χ0) is 26.3. The fourth-order valence-electron chi connectivity index (χ4n) is 5.07. The molecule has 1 fully saturated rings. The van der Waals surface area contributed by atoms with Gasteiger partial charge < -0.3 is 29.4 Å². The van der Waals surface area contributed by atoms with Crippen molar-refractivity contribution in [2.24, 2.45) is 5.73 Å². The van der Waals surface area contributed by atoms with Gasteiger partial charge in [0.25, 0.3) is 0 Å². The van der Waals surface area contributed by atoms with E-state index in [9.17, 15) is 4.79 Å². The topological polar surface area (TPSA) is 84.4 Å². The highest BCUT2D eigenvalue weighted by atomic mass is 79.9. The smallest absolute Gasteiger partial charge is 0.321 e. The number of hydrogen-bond donors (Lipinski definition) is 1. The second-order valence-electron chi connectivity index (χ2n) is 9.89. The Bertz CT molecular complexity index is 1260. The van der Waals surface area contributed by atoms with Crippen LogP contribution in [0.4, 0.5) is 10.7 Å². The Morgan fingerprint density at radius 1 is 1.11 bits per heavy atom. The van der Waals surface area contributed by atoms with Crippen molar-refractivity contribution < 1.29 is 18.7 Å². The molecule has 2 N–H and O–H groups in total. The van der Waals surface area contributed by atoms with Gasteiger partial charge in [-0.3, -0.25) is 4.90 Å². The first-order chi connectivity index (χ1) is 18.5. The van der Waals surface area contributed by atoms with Crippen molar-refractivity contribution in [3.05, 3.63) is 76.7 Å². The van der Waals surface area contributed by atoms with Gasteiger partial charge in [0.2, 0.25) is 11.8 Å². The molecule has 0 radical (unpaired) electrons. The van der Waals surface area contributed by atoms with Crippen LogP contribution in [0.15, 0.2) is 81.1 Å². The molecule has 0 spiro atoms. The summed E-state index contributed by atoms with van der Waals surface area (Å²) < 4.78 is 18.7. The summed E-state index contributed by atoms with van der Waals surface area (Å²) in [6, 6.07) is 7.13. The number of hydrogen-bond acceptors (Lipinski definition) is 6. The Kier molecular flexibility index (Phi) is 8.75. The maximum atomic E-state index is 12.1. The number of primary amides is 1. The van der Waals surface area contributed by atoms with Crippen LogP contribution in [0.2, 0.25) is 0 Å². The minimum Gasteiger partial charge on any atom is -0.464 e. The van der Waals surface area contributed by atoms with Gasteiger partial charge in [-0.1, -0.05) is 39.7 Å². The first kappa shape index (κ1) is 26.4. The van der Waals surface area contributed by atoms with Crippen molar-refractivity contribution in [3.63, 3.8) is 0 Å². The van der Waals surface area contributed by atoms with Gasteiger partial charge in [0.1, 0.15) is 17.6 Å². The number of amides is 2. The van der Waals surface area contributed by atoms with Gasteiger partial charge in [0.05, 0.1) is 0 Å². The van der Waals surface area contributed by atoms with Crippen LogP contribution < -0.4 is 10.6 Å². The third-order valence-corrected chi connectivity index (χ3v) is 7.60. The number of nitrogens with zero attached hydrogens (tertiary/aromatic N) is 3. The first-order valence-corrected chi connectivity index (χ1v) is 14.1. The predicted molar refractivity (Wildman–Crippen MR) is 152 cm³/mol. The lowest BCUT2D eigenvalue weighted by molar-refractivity contribution is 0.120. The number of halogens is 1. The summed E-state index contributed by atoms with van der Waals surface area (Å²) in [7, 11) is 0. The fourth-order valence-corrected chi connectivity index (χ4v) is 5.45. The number of unbranched alkanes of at least 4 members (excludes halogenated alkanes) is 1. The quantitative estimate of drug-likeness (QED) is 0.353. The van der Waals surface area contributed by atoms with Crippen LogP contribution in [0.25, 0.3) is 11.0 Å². The number of carbonyl (C=O) groups excluding carboxylic acids is 1. The van der Waals surface area contributed by atoms with E-state index in [4.69, 9.17) is 19.6 Å². The third-order valence-electron chi connectivity index (χ3n) is 7.11. The lowest BCUT2D eigenvalue weighted by atomic mass is 10.0. The molecule has 2 amide bonds. The van der Waals surface area contributed by atoms with E-state index in [-0.39, 0.29) is 0 Å². The number of benzene rings is 1.